The van der Waals surface area contributed by atoms with Gasteiger partial charge in [-0.2, -0.15) is 5.26 Å². The summed E-state index contributed by atoms with van der Waals surface area (Å²) < 4.78 is 5.90. The van der Waals surface area contributed by atoms with Crippen LogP contribution in [-0.2, 0) is 11.2 Å². The standard InChI is InChI=1S/C17H14N4OS/c18-9-14-17(11-3-1-2-4-13(11)20-21-14)19-10-15-12-6-8-23-16(12)5-7-22-15/h1-4,6,8,15H,5,7,10H2,(H,19,20)/t15-/m1/s1. The first-order valence-corrected chi connectivity index (χ1v) is 8.32. The summed E-state index contributed by atoms with van der Waals surface area (Å²) in [4.78, 5) is 1.39. The third kappa shape index (κ3) is 2.54. The second-order valence-corrected chi connectivity index (χ2v) is 6.34. The second-order valence-electron chi connectivity index (χ2n) is 5.34. The van der Waals surface area contributed by atoms with Gasteiger partial charge in [-0.3, -0.25) is 0 Å². The highest BCUT2D eigenvalue weighted by Gasteiger charge is 2.22. The molecule has 0 bridgehead atoms. The van der Waals surface area contributed by atoms with Crippen molar-refractivity contribution < 1.29 is 4.74 Å². The van der Waals surface area contributed by atoms with E-state index in [1.54, 1.807) is 11.3 Å². The maximum absolute atomic E-state index is 9.32. The predicted octanol–water partition coefficient (Wildman–Crippen LogP) is 3.29. The summed E-state index contributed by atoms with van der Waals surface area (Å²) in [5.41, 5.74) is 3.06. The number of nitriles is 1. The minimum absolute atomic E-state index is 0.00321. The molecule has 0 radical (unpaired) electrons. The van der Waals surface area contributed by atoms with Crippen LogP contribution in [0.25, 0.3) is 10.9 Å². The third-order valence-corrected chi connectivity index (χ3v) is 5.01. The van der Waals surface area contributed by atoms with Crippen LogP contribution in [0.3, 0.4) is 0 Å². The third-order valence-electron chi connectivity index (χ3n) is 4.01. The van der Waals surface area contributed by atoms with Crippen LogP contribution in [0.4, 0.5) is 5.69 Å². The van der Waals surface area contributed by atoms with Gasteiger partial charge >= 0.3 is 0 Å². The van der Waals surface area contributed by atoms with Crippen molar-refractivity contribution in [3.05, 3.63) is 51.8 Å². The molecule has 0 fully saturated rings. The largest absolute Gasteiger partial charge is 0.379 e. The van der Waals surface area contributed by atoms with Crippen molar-refractivity contribution in [3.8, 4) is 6.07 Å². The monoisotopic (exact) mass is 322 g/mol. The summed E-state index contributed by atoms with van der Waals surface area (Å²) >= 11 is 1.78. The zero-order valence-corrected chi connectivity index (χ0v) is 13.1. The van der Waals surface area contributed by atoms with Crippen LogP contribution in [0.2, 0.25) is 0 Å². The normalized spacial score (nSPS) is 16.7. The van der Waals surface area contributed by atoms with Gasteiger partial charge in [-0.15, -0.1) is 21.5 Å². The number of hydrogen-bond acceptors (Lipinski definition) is 6. The predicted molar refractivity (Wildman–Crippen MR) is 89.5 cm³/mol. The van der Waals surface area contributed by atoms with Crippen molar-refractivity contribution in [2.75, 3.05) is 18.5 Å². The number of benzene rings is 1. The fourth-order valence-corrected chi connectivity index (χ4v) is 3.81. The van der Waals surface area contributed by atoms with E-state index in [1.165, 1.54) is 10.4 Å². The van der Waals surface area contributed by atoms with E-state index in [0.717, 1.165) is 29.6 Å². The van der Waals surface area contributed by atoms with Gasteiger partial charge in [0.1, 0.15) is 12.2 Å². The molecule has 2 aromatic heterocycles. The Labute approximate surface area is 137 Å². The average Bonchev–Trinajstić information content (AvgIpc) is 3.08. The van der Waals surface area contributed by atoms with E-state index in [2.05, 4.69) is 33.0 Å². The van der Waals surface area contributed by atoms with E-state index in [0.29, 0.717) is 12.2 Å². The molecule has 1 atom stereocenters. The van der Waals surface area contributed by atoms with E-state index in [-0.39, 0.29) is 6.10 Å². The Kier molecular flexibility index (Phi) is 3.66. The van der Waals surface area contributed by atoms with Crippen LogP contribution in [0.1, 0.15) is 22.2 Å². The van der Waals surface area contributed by atoms with Gasteiger partial charge in [0.25, 0.3) is 0 Å². The molecule has 1 aromatic carbocycles. The van der Waals surface area contributed by atoms with Gasteiger partial charge < -0.3 is 10.1 Å². The maximum Gasteiger partial charge on any atom is 0.186 e. The van der Waals surface area contributed by atoms with Crippen LogP contribution in [0.5, 0.6) is 0 Å². The lowest BCUT2D eigenvalue weighted by Crippen LogP contribution is -2.22. The molecule has 114 valence electrons. The van der Waals surface area contributed by atoms with Gasteiger partial charge in [0.15, 0.2) is 5.69 Å². The summed E-state index contributed by atoms with van der Waals surface area (Å²) in [6.07, 6.45) is 0.982. The Morgan fingerprint density at radius 2 is 2.22 bits per heavy atom. The van der Waals surface area contributed by atoms with E-state index >= 15 is 0 Å². The number of fused-ring (bicyclic) bond motifs is 2. The highest BCUT2D eigenvalue weighted by molar-refractivity contribution is 7.10. The molecule has 0 saturated carbocycles. The molecule has 3 aromatic rings. The lowest BCUT2D eigenvalue weighted by molar-refractivity contribution is 0.0527. The average molecular weight is 322 g/mol. The SMILES string of the molecule is N#Cc1nnc2ccccc2c1NC[C@H]1OCCc2sccc21. The Bertz CT molecular complexity index is 899. The fraction of sp³-hybridized carbons (Fsp3) is 0.235. The van der Waals surface area contributed by atoms with Crippen LogP contribution >= 0.6 is 11.3 Å². The lowest BCUT2D eigenvalue weighted by Gasteiger charge is -2.24. The fourth-order valence-electron chi connectivity index (χ4n) is 2.90. The van der Waals surface area contributed by atoms with Crippen LogP contribution in [0.15, 0.2) is 35.7 Å². The number of nitrogens with zero attached hydrogens (tertiary/aromatic N) is 3. The summed E-state index contributed by atoms with van der Waals surface area (Å²) in [6.45, 7) is 1.34. The van der Waals surface area contributed by atoms with Gasteiger partial charge in [0.2, 0.25) is 0 Å². The van der Waals surface area contributed by atoms with Crippen molar-refractivity contribution >= 4 is 27.9 Å². The lowest BCUT2D eigenvalue weighted by atomic mass is 10.1. The Morgan fingerprint density at radius 1 is 1.30 bits per heavy atom. The first-order chi connectivity index (χ1) is 11.4. The molecule has 3 heterocycles. The molecular weight excluding hydrogens is 308 g/mol. The van der Waals surface area contributed by atoms with Gasteiger partial charge in [-0.1, -0.05) is 18.2 Å². The topological polar surface area (TPSA) is 70.8 Å². The molecule has 5 nitrogen and oxygen atoms in total. The molecule has 1 aliphatic heterocycles. The Balaban J connectivity index is 1.65. The minimum Gasteiger partial charge on any atom is -0.379 e. The number of nitrogens with one attached hydrogen (secondary N) is 1. The highest BCUT2D eigenvalue weighted by Crippen LogP contribution is 2.32. The summed E-state index contributed by atoms with van der Waals surface area (Å²) in [5, 5.41) is 23.8. The molecule has 0 saturated heterocycles. The number of anilines is 1. The molecule has 1 aliphatic rings. The van der Waals surface area contributed by atoms with Crippen molar-refractivity contribution in [2.24, 2.45) is 0 Å². The molecule has 1 N–H and O–H groups in total. The minimum atomic E-state index is 0.00321. The van der Waals surface area contributed by atoms with Gasteiger partial charge in [-0.25, -0.2) is 0 Å². The smallest absolute Gasteiger partial charge is 0.186 e. The summed E-state index contributed by atoms with van der Waals surface area (Å²) in [6, 6.07) is 11.9. The van der Waals surface area contributed by atoms with Crippen molar-refractivity contribution in [1.82, 2.24) is 10.2 Å². The first-order valence-electron chi connectivity index (χ1n) is 7.44. The van der Waals surface area contributed by atoms with E-state index < -0.39 is 0 Å². The molecule has 0 spiro atoms. The number of aromatic nitrogens is 2. The first kappa shape index (κ1) is 14.1. The Morgan fingerprint density at radius 3 is 3.13 bits per heavy atom. The van der Waals surface area contributed by atoms with Crippen molar-refractivity contribution in [2.45, 2.75) is 12.5 Å². The van der Waals surface area contributed by atoms with Gasteiger partial charge in [-0.05, 0) is 23.1 Å². The molecule has 0 aliphatic carbocycles. The molecular formula is C17H14N4OS. The zero-order valence-electron chi connectivity index (χ0n) is 12.3. The van der Waals surface area contributed by atoms with Crippen LogP contribution < -0.4 is 5.32 Å². The second kappa shape index (κ2) is 5.95. The molecule has 23 heavy (non-hydrogen) atoms. The summed E-state index contributed by atoms with van der Waals surface area (Å²) in [7, 11) is 0. The van der Waals surface area contributed by atoms with E-state index in [4.69, 9.17) is 4.74 Å². The van der Waals surface area contributed by atoms with Crippen LogP contribution in [0, 0.1) is 11.3 Å². The molecule has 0 unspecified atom stereocenters. The number of hydrogen-bond donors (Lipinski definition) is 1. The maximum atomic E-state index is 9.32. The molecule has 4 rings (SSSR count). The van der Waals surface area contributed by atoms with Gasteiger partial charge in [0, 0.05) is 23.2 Å². The quantitative estimate of drug-likeness (QED) is 0.801. The van der Waals surface area contributed by atoms with Crippen molar-refractivity contribution in [3.63, 3.8) is 0 Å². The van der Waals surface area contributed by atoms with E-state index in [1.807, 2.05) is 24.3 Å². The highest BCUT2D eigenvalue weighted by atomic mass is 32.1. The number of ether oxygens (including phenoxy) is 1. The van der Waals surface area contributed by atoms with E-state index in [9.17, 15) is 5.26 Å². The summed E-state index contributed by atoms with van der Waals surface area (Å²) in [5.74, 6) is 0. The Hall–Kier alpha value is -2.49. The van der Waals surface area contributed by atoms with Crippen LogP contribution in [-0.4, -0.2) is 23.3 Å². The zero-order chi connectivity index (χ0) is 15.6. The van der Waals surface area contributed by atoms with Crippen molar-refractivity contribution in [1.29, 1.82) is 5.26 Å². The molecule has 0 amide bonds. The number of thiophene rings is 1. The molecule has 6 heteroatoms. The number of rotatable bonds is 3. The van der Waals surface area contributed by atoms with Gasteiger partial charge in [0.05, 0.1) is 17.8 Å².